The normalized spacial score (nSPS) is 27.6. The molecule has 1 aromatic carbocycles. The van der Waals surface area contributed by atoms with Crippen molar-refractivity contribution in [2.45, 2.75) is 44.9 Å². The molecule has 1 heterocycles. The lowest BCUT2D eigenvalue weighted by atomic mass is 9.92. The number of halogens is 1. The molecule has 140 valence electrons. The lowest BCUT2D eigenvalue weighted by Crippen LogP contribution is -2.45. The van der Waals surface area contributed by atoms with Crippen LogP contribution in [-0.4, -0.2) is 43.4 Å². The maximum atomic E-state index is 12.4. The van der Waals surface area contributed by atoms with Gasteiger partial charge in [-0.3, -0.25) is 4.79 Å². The average Bonchev–Trinajstić information content (AvgIpc) is 2.59. The number of ether oxygens (including phenoxy) is 3. The van der Waals surface area contributed by atoms with Gasteiger partial charge >= 0.3 is 11.9 Å². The van der Waals surface area contributed by atoms with E-state index >= 15 is 0 Å². The van der Waals surface area contributed by atoms with Gasteiger partial charge in [-0.2, -0.15) is 0 Å². The van der Waals surface area contributed by atoms with Crippen LogP contribution in [0.4, 0.5) is 0 Å². The minimum Gasteiger partial charge on any atom is -0.457 e. The molecule has 0 radical (unpaired) electrons. The van der Waals surface area contributed by atoms with Crippen LogP contribution in [0.25, 0.3) is 0 Å². The van der Waals surface area contributed by atoms with E-state index in [1.165, 1.54) is 0 Å². The van der Waals surface area contributed by atoms with Gasteiger partial charge in [-0.05, 0) is 31.9 Å². The monoisotopic (exact) mass is 371 g/mol. The second-order valence-electron chi connectivity index (χ2n) is 6.02. The number of hydrogen-bond donors (Lipinski definition) is 1. The molecule has 1 aromatic rings. The van der Waals surface area contributed by atoms with E-state index in [2.05, 4.69) is 0 Å². The number of hydrogen-bond acceptors (Lipinski definition) is 6. The minimum absolute atomic E-state index is 0. The Balaban J connectivity index is 0.00000312. The van der Waals surface area contributed by atoms with Crippen LogP contribution in [0.1, 0.15) is 37.0 Å². The SMILES string of the molecule is CC[C@H]1CCOC[C@H](N)C(=O)O[C@@H](C)[C@@H]1OC(=O)c1ccccc1.Cl. The highest BCUT2D eigenvalue weighted by Crippen LogP contribution is 2.24. The van der Waals surface area contributed by atoms with Gasteiger partial charge in [0.2, 0.25) is 0 Å². The summed E-state index contributed by atoms with van der Waals surface area (Å²) in [5, 5.41) is 0. The summed E-state index contributed by atoms with van der Waals surface area (Å²) in [5.74, 6) is -0.931. The highest BCUT2D eigenvalue weighted by Gasteiger charge is 2.34. The van der Waals surface area contributed by atoms with Crippen molar-refractivity contribution in [2.24, 2.45) is 11.7 Å². The lowest BCUT2D eigenvalue weighted by Gasteiger charge is -2.32. The second-order valence-corrected chi connectivity index (χ2v) is 6.02. The molecule has 1 aliphatic rings. The van der Waals surface area contributed by atoms with Crippen molar-refractivity contribution in [2.75, 3.05) is 13.2 Å². The van der Waals surface area contributed by atoms with Crippen LogP contribution >= 0.6 is 12.4 Å². The summed E-state index contributed by atoms with van der Waals surface area (Å²) in [6, 6.07) is 7.95. The average molecular weight is 372 g/mol. The zero-order chi connectivity index (χ0) is 17.5. The van der Waals surface area contributed by atoms with Crippen LogP contribution < -0.4 is 5.73 Å². The highest BCUT2D eigenvalue weighted by atomic mass is 35.5. The molecule has 1 fully saturated rings. The number of benzene rings is 1. The van der Waals surface area contributed by atoms with Gasteiger partial charge in [0.15, 0.2) is 0 Å². The Hall–Kier alpha value is -1.63. The van der Waals surface area contributed by atoms with Crippen molar-refractivity contribution in [3.8, 4) is 0 Å². The molecule has 1 saturated heterocycles. The molecule has 6 nitrogen and oxygen atoms in total. The molecule has 2 rings (SSSR count). The third kappa shape index (κ3) is 5.99. The molecule has 0 amide bonds. The summed E-state index contributed by atoms with van der Waals surface area (Å²) in [4.78, 5) is 24.4. The Labute approximate surface area is 154 Å². The zero-order valence-electron chi connectivity index (χ0n) is 14.6. The smallest absolute Gasteiger partial charge is 0.338 e. The second kappa shape index (κ2) is 10.4. The van der Waals surface area contributed by atoms with Gasteiger partial charge in [0.05, 0.1) is 12.2 Å². The third-order valence-electron chi connectivity index (χ3n) is 4.24. The summed E-state index contributed by atoms with van der Waals surface area (Å²) in [6.45, 7) is 4.35. The van der Waals surface area contributed by atoms with Crippen LogP contribution in [0.2, 0.25) is 0 Å². The fraction of sp³-hybridized carbons (Fsp3) is 0.556. The fourth-order valence-corrected chi connectivity index (χ4v) is 2.79. The van der Waals surface area contributed by atoms with Gasteiger partial charge in [-0.15, -0.1) is 12.4 Å². The summed E-state index contributed by atoms with van der Waals surface area (Å²) in [6.07, 6.45) is 0.377. The van der Waals surface area contributed by atoms with Gasteiger partial charge < -0.3 is 19.9 Å². The lowest BCUT2D eigenvalue weighted by molar-refractivity contribution is -0.161. The van der Waals surface area contributed by atoms with Crippen LogP contribution in [0.3, 0.4) is 0 Å². The van der Waals surface area contributed by atoms with Crippen LogP contribution in [0.15, 0.2) is 30.3 Å². The van der Waals surface area contributed by atoms with E-state index in [9.17, 15) is 9.59 Å². The summed E-state index contributed by atoms with van der Waals surface area (Å²) < 4.78 is 16.5. The van der Waals surface area contributed by atoms with E-state index in [1.807, 2.05) is 13.0 Å². The van der Waals surface area contributed by atoms with Crippen LogP contribution in [0.5, 0.6) is 0 Å². The maximum Gasteiger partial charge on any atom is 0.338 e. The summed E-state index contributed by atoms with van der Waals surface area (Å²) >= 11 is 0. The first-order chi connectivity index (χ1) is 11.5. The number of carbonyl (C=O) groups is 2. The maximum absolute atomic E-state index is 12.4. The summed E-state index contributed by atoms with van der Waals surface area (Å²) in [7, 11) is 0. The van der Waals surface area contributed by atoms with Crippen LogP contribution in [-0.2, 0) is 19.0 Å². The third-order valence-corrected chi connectivity index (χ3v) is 4.24. The van der Waals surface area contributed by atoms with E-state index in [0.29, 0.717) is 18.6 Å². The van der Waals surface area contributed by atoms with E-state index < -0.39 is 30.2 Å². The van der Waals surface area contributed by atoms with E-state index in [-0.39, 0.29) is 24.9 Å². The predicted molar refractivity (Wildman–Crippen MR) is 95.6 cm³/mol. The quantitative estimate of drug-likeness (QED) is 0.820. The Kier molecular flexibility index (Phi) is 8.89. The van der Waals surface area contributed by atoms with Gasteiger partial charge in [0, 0.05) is 12.5 Å². The van der Waals surface area contributed by atoms with Gasteiger partial charge in [0.25, 0.3) is 0 Å². The molecule has 25 heavy (non-hydrogen) atoms. The standard InChI is InChI=1S/C18H25NO5.ClH/c1-3-13-9-10-22-11-15(19)18(21)23-12(2)16(13)24-17(20)14-7-5-4-6-8-14;/h4-8,12-13,15-16H,3,9-11,19H2,1-2H3;1H/t12-,13-,15-,16-;/m0./s1. The molecule has 0 spiro atoms. The first-order valence-electron chi connectivity index (χ1n) is 8.32. The largest absolute Gasteiger partial charge is 0.457 e. The Morgan fingerprint density at radius 1 is 1.32 bits per heavy atom. The molecular formula is C18H26ClNO5. The predicted octanol–water partition coefficient (Wildman–Crippen LogP) is 2.34. The Morgan fingerprint density at radius 3 is 2.64 bits per heavy atom. The highest BCUT2D eigenvalue weighted by molar-refractivity contribution is 5.89. The van der Waals surface area contributed by atoms with Crippen molar-refractivity contribution in [1.29, 1.82) is 0 Å². The van der Waals surface area contributed by atoms with E-state index in [4.69, 9.17) is 19.9 Å². The molecule has 7 heteroatoms. The van der Waals surface area contributed by atoms with Crippen molar-refractivity contribution >= 4 is 24.3 Å². The molecule has 0 bridgehead atoms. The van der Waals surface area contributed by atoms with E-state index in [0.717, 1.165) is 6.42 Å². The molecule has 0 unspecified atom stereocenters. The molecule has 0 aromatic heterocycles. The molecule has 2 N–H and O–H groups in total. The molecule has 4 atom stereocenters. The fourth-order valence-electron chi connectivity index (χ4n) is 2.79. The summed E-state index contributed by atoms with van der Waals surface area (Å²) in [5.41, 5.74) is 6.20. The minimum atomic E-state index is -0.823. The van der Waals surface area contributed by atoms with E-state index in [1.54, 1.807) is 31.2 Å². The topological polar surface area (TPSA) is 87.8 Å². The van der Waals surface area contributed by atoms with Crippen molar-refractivity contribution in [1.82, 2.24) is 0 Å². The van der Waals surface area contributed by atoms with Crippen molar-refractivity contribution < 1.29 is 23.8 Å². The van der Waals surface area contributed by atoms with Gasteiger partial charge in [0.1, 0.15) is 18.2 Å². The molecular weight excluding hydrogens is 346 g/mol. The number of esters is 2. The Morgan fingerprint density at radius 2 is 2.00 bits per heavy atom. The number of rotatable bonds is 3. The number of carbonyl (C=O) groups excluding carboxylic acids is 2. The number of cyclic esters (lactones) is 1. The molecule has 0 saturated carbocycles. The molecule has 0 aliphatic carbocycles. The van der Waals surface area contributed by atoms with Gasteiger partial charge in [-0.25, -0.2) is 4.79 Å². The number of nitrogens with two attached hydrogens (primary N) is 1. The van der Waals surface area contributed by atoms with Crippen LogP contribution in [0, 0.1) is 5.92 Å². The Bertz CT molecular complexity index is 554. The van der Waals surface area contributed by atoms with Crippen molar-refractivity contribution in [3.63, 3.8) is 0 Å². The first kappa shape index (κ1) is 21.4. The van der Waals surface area contributed by atoms with Crippen molar-refractivity contribution in [3.05, 3.63) is 35.9 Å². The molecule has 1 aliphatic heterocycles. The first-order valence-corrected chi connectivity index (χ1v) is 8.32. The zero-order valence-corrected chi connectivity index (χ0v) is 15.4. The van der Waals surface area contributed by atoms with Gasteiger partial charge in [-0.1, -0.05) is 25.1 Å².